The molecule has 1 unspecified atom stereocenters. The number of hydrogen-bond donors (Lipinski definition) is 1. The number of benzene rings is 1. The van der Waals surface area contributed by atoms with Crippen molar-refractivity contribution in [1.29, 1.82) is 5.26 Å². The normalized spacial score (nSPS) is 19.1. The highest BCUT2D eigenvalue weighted by molar-refractivity contribution is 5.97. The molecule has 4 heterocycles. The number of likely N-dealkylation sites (N-methyl/N-ethyl adjacent to an activating group) is 1. The number of carbonyl (C=O) groups is 2. The van der Waals surface area contributed by atoms with E-state index in [-0.39, 0.29) is 35.6 Å². The molecule has 0 aliphatic carbocycles. The number of piperidine rings is 1. The number of nitriles is 1. The van der Waals surface area contributed by atoms with Crippen LogP contribution in [0.25, 0.3) is 5.65 Å². The minimum atomic E-state index is -0.568. The SMILES string of the molecule is CN1CCNC(=O)COc2ccc(F)cc2C(=O)N2CCCCC2c2cc3nc(C#N)cc1n3n2. The van der Waals surface area contributed by atoms with Crippen LogP contribution in [0.3, 0.4) is 0 Å². The highest BCUT2D eigenvalue weighted by Gasteiger charge is 2.33. The summed E-state index contributed by atoms with van der Waals surface area (Å²) in [6, 6.07) is 8.87. The van der Waals surface area contributed by atoms with Crippen molar-refractivity contribution in [1.82, 2.24) is 24.8 Å². The molecule has 1 saturated heterocycles. The molecule has 0 saturated carbocycles. The Bertz CT molecular complexity index is 1350. The average molecular weight is 478 g/mol. The number of carbonyl (C=O) groups excluding carboxylic acids is 2. The van der Waals surface area contributed by atoms with Crippen molar-refractivity contribution in [2.45, 2.75) is 25.3 Å². The van der Waals surface area contributed by atoms with Gasteiger partial charge in [0.1, 0.15) is 29.1 Å². The van der Waals surface area contributed by atoms with Crippen molar-refractivity contribution in [3.8, 4) is 11.8 Å². The van der Waals surface area contributed by atoms with Crippen molar-refractivity contribution >= 4 is 23.3 Å². The number of fused-ring (bicyclic) bond motifs is 4. The second-order valence-corrected chi connectivity index (χ2v) is 8.66. The van der Waals surface area contributed by atoms with Crippen molar-refractivity contribution in [3.05, 3.63) is 53.1 Å². The Labute approximate surface area is 200 Å². The number of nitrogens with zero attached hydrogens (tertiary/aromatic N) is 6. The minimum Gasteiger partial charge on any atom is -0.483 e. The molecule has 2 aliphatic rings. The van der Waals surface area contributed by atoms with Crippen LogP contribution in [-0.4, -0.2) is 64.6 Å². The number of ether oxygens (including phenoxy) is 1. The van der Waals surface area contributed by atoms with E-state index in [1.807, 2.05) is 11.9 Å². The third kappa shape index (κ3) is 4.35. The Hall–Kier alpha value is -4.20. The fraction of sp³-hybridized carbons (Fsp3) is 0.375. The Morgan fingerprint density at radius 1 is 1.20 bits per heavy atom. The topological polar surface area (TPSA) is 116 Å². The molecule has 0 radical (unpaired) electrons. The summed E-state index contributed by atoms with van der Waals surface area (Å²) in [5.41, 5.74) is 1.43. The van der Waals surface area contributed by atoms with Crippen molar-refractivity contribution in [3.63, 3.8) is 0 Å². The van der Waals surface area contributed by atoms with Crippen LogP contribution in [0.15, 0.2) is 30.3 Å². The van der Waals surface area contributed by atoms with E-state index in [9.17, 15) is 19.2 Å². The summed E-state index contributed by atoms with van der Waals surface area (Å²) in [5.74, 6) is -0.546. The predicted molar refractivity (Wildman–Crippen MR) is 124 cm³/mol. The van der Waals surface area contributed by atoms with Gasteiger partial charge in [0.15, 0.2) is 12.3 Å². The quantitative estimate of drug-likeness (QED) is 0.527. The molecule has 1 atom stereocenters. The largest absolute Gasteiger partial charge is 0.483 e. The van der Waals surface area contributed by atoms with E-state index in [0.29, 0.717) is 43.2 Å². The van der Waals surface area contributed by atoms with Gasteiger partial charge >= 0.3 is 0 Å². The smallest absolute Gasteiger partial charge is 0.258 e. The number of amides is 2. The zero-order valence-electron chi connectivity index (χ0n) is 19.2. The number of hydrogen-bond acceptors (Lipinski definition) is 7. The van der Waals surface area contributed by atoms with Crippen molar-refractivity contribution in [2.75, 3.05) is 38.2 Å². The summed E-state index contributed by atoms with van der Waals surface area (Å²) < 4.78 is 21.4. The molecule has 2 aromatic heterocycles. The molecule has 35 heavy (non-hydrogen) atoms. The van der Waals surface area contributed by atoms with Crippen LogP contribution in [0.2, 0.25) is 0 Å². The van der Waals surface area contributed by atoms with Crippen LogP contribution < -0.4 is 15.0 Å². The van der Waals surface area contributed by atoms with Gasteiger partial charge in [-0.3, -0.25) is 9.59 Å². The Morgan fingerprint density at radius 3 is 2.89 bits per heavy atom. The molecule has 11 heteroatoms. The number of anilines is 1. The average Bonchev–Trinajstić information content (AvgIpc) is 3.30. The van der Waals surface area contributed by atoms with E-state index in [4.69, 9.17) is 9.84 Å². The summed E-state index contributed by atoms with van der Waals surface area (Å²) in [6.45, 7) is 0.917. The molecule has 5 rings (SSSR count). The van der Waals surface area contributed by atoms with Crippen LogP contribution in [0.5, 0.6) is 5.75 Å². The predicted octanol–water partition coefficient (Wildman–Crippen LogP) is 2.05. The molecule has 180 valence electrons. The van der Waals surface area contributed by atoms with E-state index >= 15 is 0 Å². The number of nitrogens with one attached hydrogen (secondary N) is 1. The highest BCUT2D eigenvalue weighted by Crippen LogP contribution is 2.34. The van der Waals surface area contributed by atoms with Gasteiger partial charge in [-0.2, -0.15) is 14.9 Å². The summed E-state index contributed by atoms with van der Waals surface area (Å²) in [5, 5.41) is 17.0. The summed E-state index contributed by atoms with van der Waals surface area (Å²) >= 11 is 0. The Balaban J connectivity index is 1.65. The molecule has 2 aliphatic heterocycles. The fourth-order valence-electron chi connectivity index (χ4n) is 4.57. The Kier molecular flexibility index (Phi) is 5.94. The van der Waals surface area contributed by atoms with Gasteiger partial charge in [-0.15, -0.1) is 0 Å². The minimum absolute atomic E-state index is 0.0610. The third-order valence-electron chi connectivity index (χ3n) is 6.34. The van der Waals surface area contributed by atoms with Crippen LogP contribution in [0, 0.1) is 17.1 Å². The first-order valence-electron chi connectivity index (χ1n) is 11.5. The van der Waals surface area contributed by atoms with Crippen LogP contribution in [0.1, 0.15) is 47.1 Å². The summed E-state index contributed by atoms with van der Waals surface area (Å²) in [4.78, 5) is 34.0. The first-order valence-corrected chi connectivity index (χ1v) is 11.5. The van der Waals surface area contributed by atoms with E-state index in [2.05, 4.69) is 16.4 Å². The van der Waals surface area contributed by atoms with Gasteiger partial charge in [0, 0.05) is 38.8 Å². The van der Waals surface area contributed by atoms with Crippen LogP contribution in [-0.2, 0) is 4.79 Å². The first kappa shape index (κ1) is 22.6. The lowest BCUT2D eigenvalue weighted by Crippen LogP contribution is -2.39. The van der Waals surface area contributed by atoms with Gasteiger partial charge in [0.05, 0.1) is 17.3 Å². The maximum Gasteiger partial charge on any atom is 0.258 e. The van der Waals surface area contributed by atoms with Crippen LogP contribution in [0.4, 0.5) is 10.2 Å². The molecule has 0 spiro atoms. The third-order valence-corrected chi connectivity index (χ3v) is 6.34. The lowest BCUT2D eigenvalue weighted by Gasteiger charge is -2.35. The molecule has 3 aromatic rings. The standard InChI is InChI=1S/C24H24FN7O3/c1-30-9-7-27-22(33)14-35-20-6-5-15(25)10-17(20)24(34)31-8-3-2-4-19(31)18-12-21-28-16(13-26)11-23(30)32(21)29-18/h5-6,10-12,19H,2-4,7-9,14H2,1H3,(H,27,33). The van der Waals surface area contributed by atoms with Gasteiger partial charge in [0.2, 0.25) is 0 Å². The van der Waals surface area contributed by atoms with Gasteiger partial charge in [-0.05, 0) is 37.5 Å². The zero-order chi connectivity index (χ0) is 24.5. The monoisotopic (exact) mass is 477 g/mol. The second kappa shape index (κ2) is 9.21. The fourth-order valence-corrected chi connectivity index (χ4v) is 4.57. The molecule has 2 amide bonds. The maximum atomic E-state index is 14.2. The second-order valence-electron chi connectivity index (χ2n) is 8.66. The molecule has 2 bridgehead atoms. The number of rotatable bonds is 0. The highest BCUT2D eigenvalue weighted by atomic mass is 19.1. The van der Waals surface area contributed by atoms with Crippen molar-refractivity contribution < 1.29 is 18.7 Å². The van der Waals surface area contributed by atoms with Crippen LogP contribution >= 0.6 is 0 Å². The van der Waals surface area contributed by atoms with Crippen molar-refractivity contribution in [2.24, 2.45) is 0 Å². The molecule has 1 fully saturated rings. The molecular formula is C24H24FN7O3. The van der Waals surface area contributed by atoms with E-state index < -0.39 is 11.7 Å². The van der Waals surface area contributed by atoms with Gasteiger partial charge in [0.25, 0.3) is 11.8 Å². The van der Waals surface area contributed by atoms with E-state index in [1.165, 1.54) is 12.1 Å². The van der Waals surface area contributed by atoms with Gasteiger partial charge in [-0.1, -0.05) is 0 Å². The lowest BCUT2D eigenvalue weighted by atomic mass is 9.98. The lowest BCUT2D eigenvalue weighted by molar-refractivity contribution is -0.123. The molecule has 1 aromatic carbocycles. The van der Waals surface area contributed by atoms with Gasteiger partial charge < -0.3 is 19.9 Å². The van der Waals surface area contributed by atoms with E-state index in [0.717, 1.165) is 18.9 Å². The molecular weight excluding hydrogens is 453 g/mol. The summed E-state index contributed by atoms with van der Waals surface area (Å²) in [6.07, 6.45) is 2.38. The summed E-state index contributed by atoms with van der Waals surface area (Å²) in [7, 11) is 1.84. The maximum absolute atomic E-state index is 14.2. The number of halogens is 1. The molecule has 10 nitrogen and oxygen atoms in total. The van der Waals surface area contributed by atoms with Gasteiger partial charge in [-0.25, -0.2) is 9.37 Å². The Morgan fingerprint density at radius 2 is 2.06 bits per heavy atom. The first-order chi connectivity index (χ1) is 16.9. The number of aromatic nitrogens is 3. The molecule has 1 N–H and O–H groups in total. The zero-order valence-corrected chi connectivity index (χ0v) is 19.2. The van der Waals surface area contributed by atoms with E-state index in [1.54, 1.807) is 21.5 Å².